The van der Waals surface area contributed by atoms with Crippen molar-refractivity contribution in [2.75, 3.05) is 33.8 Å². The van der Waals surface area contributed by atoms with E-state index in [1.165, 1.54) is 17.7 Å². The lowest BCUT2D eigenvalue weighted by molar-refractivity contribution is 0.0820. The van der Waals surface area contributed by atoms with Gasteiger partial charge in [0, 0.05) is 20.2 Å². The molecule has 20 heavy (non-hydrogen) atoms. The van der Waals surface area contributed by atoms with Gasteiger partial charge in [-0.05, 0) is 44.3 Å². The molecule has 2 heterocycles. The molecular weight excluding hydrogens is 256 g/mol. The number of carbonyl (C=O) groups is 1. The van der Waals surface area contributed by atoms with Gasteiger partial charge in [-0.3, -0.25) is 4.79 Å². The summed E-state index contributed by atoms with van der Waals surface area (Å²) in [6.45, 7) is 2.84. The molecule has 1 aliphatic rings. The third kappa shape index (κ3) is 4.16. The fourth-order valence-corrected chi connectivity index (χ4v) is 2.24. The van der Waals surface area contributed by atoms with Crippen LogP contribution in [0.2, 0.25) is 0 Å². The second kappa shape index (κ2) is 7.19. The fourth-order valence-electron chi connectivity index (χ4n) is 2.24. The van der Waals surface area contributed by atoms with Gasteiger partial charge < -0.3 is 15.0 Å². The highest BCUT2D eigenvalue weighted by molar-refractivity contribution is 5.91. The van der Waals surface area contributed by atoms with E-state index in [9.17, 15) is 4.79 Å². The zero-order valence-corrected chi connectivity index (χ0v) is 12.1. The van der Waals surface area contributed by atoms with Crippen molar-refractivity contribution in [2.45, 2.75) is 19.3 Å². The van der Waals surface area contributed by atoms with Crippen LogP contribution in [0.1, 0.15) is 29.8 Å². The van der Waals surface area contributed by atoms with Crippen LogP contribution < -0.4 is 10.1 Å². The first kappa shape index (κ1) is 14.7. The Hall–Kier alpha value is -1.69. The molecule has 1 N–H and O–H groups in total. The summed E-state index contributed by atoms with van der Waals surface area (Å²) in [6, 6.07) is 3.34. The fraction of sp³-hybridized carbons (Fsp3) is 0.643. The Kier molecular flexibility index (Phi) is 5.29. The molecule has 1 fully saturated rings. The summed E-state index contributed by atoms with van der Waals surface area (Å²) in [4.78, 5) is 13.1. The van der Waals surface area contributed by atoms with Crippen LogP contribution >= 0.6 is 0 Å². The molecule has 0 aliphatic carbocycles. The number of nitrogens with zero attached hydrogens (tertiary/aromatic N) is 3. The van der Waals surface area contributed by atoms with E-state index in [4.69, 9.17) is 4.74 Å². The van der Waals surface area contributed by atoms with Gasteiger partial charge in [0.1, 0.15) is 0 Å². The molecule has 0 bridgehead atoms. The molecule has 0 saturated carbocycles. The van der Waals surface area contributed by atoms with E-state index in [1.54, 1.807) is 26.2 Å². The van der Waals surface area contributed by atoms with Gasteiger partial charge in [-0.15, -0.1) is 10.2 Å². The van der Waals surface area contributed by atoms with Crippen LogP contribution in [-0.4, -0.2) is 54.8 Å². The minimum Gasteiger partial charge on any atom is -0.477 e. The number of amides is 1. The predicted octanol–water partition coefficient (Wildman–Crippen LogP) is 0.947. The lowest BCUT2D eigenvalue weighted by Crippen LogP contribution is -2.30. The van der Waals surface area contributed by atoms with E-state index in [1.807, 2.05) is 0 Å². The van der Waals surface area contributed by atoms with Gasteiger partial charge in [-0.2, -0.15) is 0 Å². The molecular formula is C14H22N4O2. The zero-order valence-electron chi connectivity index (χ0n) is 12.1. The quantitative estimate of drug-likeness (QED) is 0.868. The maximum Gasteiger partial charge on any atom is 0.273 e. The average Bonchev–Trinajstić information content (AvgIpc) is 2.48. The number of rotatable bonds is 5. The SMILES string of the molecule is CN(C)C(=O)c1ccc(OCCC2CCCNC2)nn1. The highest BCUT2D eigenvalue weighted by atomic mass is 16.5. The van der Waals surface area contributed by atoms with Crippen molar-refractivity contribution in [1.29, 1.82) is 0 Å². The predicted molar refractivity (Wildman–Crippen MR) is 75.8 cm³/mol. The van der Waals surface area contributed by atoms with E-state index >= 15 is 0 Å². The summed E-state index contributed by atoms with van der Waals surface area (Å²) in [6.07, 6.45) is 3.52. The van der Waals surface area contributed by atoms with Crippen molar-refractivity contribution >= 4 is 5.91 Å². The Morgan fingerprint density at radius 1 is 1.45 bits per heavy atom. The third-order valence-corrected chi connectivity index (χ3v) is 3.44. The maximum absolute atomic E-state index is 11.7. The van der Waals surface area contributed by atoms with Crippen LogP contribution in [0.5, 0.6) is 5.88 Å². The monoisotopic (exact) mass is 278 g/mol. The summed E-state index contributed by atoms with van der Waals surface area (Å²) >= 11 is 0. The topological polar surface area (TPSA) is 67.3 Å². The summed E-state index contributed by atoms with van der Waals surface area (Å²) < 4.78 is 5.58. The molecule has 1 aliphatic heterocycles. The smallest absolute Gasteiger partial charge is 0.273 e. The molecule has 6 heteroatoms. The normalized spacial score (nSPS) is 18.6. The zero-order chi connectivity index (χ0) is 14.4. The van der Waals surface area contributed by atoms with Crippen LogP contribution in [-0.2, 0) is 0 Å². The number of hydrogen-bond acceptors (Lipinski definition) is 5. The van der Waals surface area contributed by atoms with Crippen molar-refractivity contribution in [1.82, 2.24) is 20.4 Å². The van der Waals surface area contributed by atoms with Crippen molar-refractivity contribution in [3.63, 3.8) is 0 Å². The Morgan fingerprint density at radius 2 is 2.30 bits per heavy atom. The van der Waals surface area contributed by atoms with Crippen molar-refractivity contribution in [3.05, 3.63) is 17.8 Å². The van der Waals surface area contributed by atoms with Gasteiger partial charge in [0.05, 0.1) is 6.61 Å². The molecule has 1 unspecified atom stereocenters. The van der Waals surface area contributed by atoms with Crippen LogP contribution in [0, 0.1) is 5.92 Å². The van der Waals surface area contributed by atoms with Gasteiger partial charge in [0.25, 0.3) is 5.91 Å². The van der Waals surface area contributed by atoms with Gasteiger partial charge in [-0.25, -0.2) is 0 Å². The van der Waals surface area contributed by atoms with Crippen LogP contribution in [0.3, 0.4) is 0 Å². The molecule has 0 spiro atoms. The standard InChI is InChI=1S/C14H22N4O2/c1-18(2)14(19)12-5-6-13(17-16-12)20-9-7-11-4-3-8-15-10-11/h5-6,11,15H,3-4,7-10H2,1-2H3. The molecule has 110 valence electrons. The van der Waals surface area contributed by atoms with Crippen LogP contribution in [0.25, 0.3) is 0 Å². The van der Waals surface area contributed by atoms with Gasteiger partial charge in [0.15, 0.2) is 5.69 Å². The maximum atomic E-state index is 11.7. The molecule has 2 rings (SSSR count). The average molecular weight is 278 g/mol. The largest absolute Gasteiger partial charge is 0.477 e. The van der Waals surface area contributed by atoms with Crippen LogP contribution in [0.15, 0.2) is 12.1 Å². The second-order valence-corrected chi connectivity index (χ2v) is 5.31. The van der Waals surface area contributed by atoms with Gasteiger partial charge in [-0.1, -0.05) is 0 Å². The highest BCUT2D eigenvalue weighted by Crippen LogP contribution is 2.14. The Labute approximate surface area is 119 Å². The summed E-state index contributed by atoms with van der Waals surface area (Å²) in [5, 5.41) is 11.2. The van der Waals surface area contributed by atoms with Crippen molar-refractivity contribution < 1.29 is 9.53 Å². The van der Waals surface area contributed by atoms with Crippen molar-refractivity contribution in [3.8, 4) is 5.88 Å². The Balaban J connectivity index is 1.77. The van der Waals surface area contributed by atoms with E-state index in [-0.39, 0.29) is 5.91 Å². The van der Waals surface area contributed by atoms with Crippen molar-refractivity contribution in [2.24, 2.45) is 5.92 Å². The molecule has 1 atom stereocenters. The highest BCUT2D eigenvalue weighted by Gasteiger charge is 2.13. The summed E-state index contributed by atoms with van der Waals surface area (Å²) in [5.41, 5.74) is 0.332. The minimum atomic E-state index is -0.155. The molecule has 0 aromatic carbocycles. The van der Waals surface area contributed by atoms with Gasteiger partial charge in [0.2, 0.25) is 5.88 Å². The molecule has 1 amide bonds. The number of nitrogens with one attached hydrogen (secondary N) is 1. The minimum absolute atomic E-state index is 0.155. The first-order valence-corrected chi connectivity index (χ1v) is 7.05. The number of piperidine rings is 1. The number of carbonyl (C=O) groups excluding carboxylic acids is 1. The Bertz CT molecular complexity index is 427. The number of aromatic nitrogens is 2. The molecule has 1 aromatic heterocycles. The number of ether oxygens (including phenoxy) is 1. The van der Waals surface area contributed by atoms with Gasteiger partial charge >= 0.3 is 0 Å². The lowest BCUT2D eigenvalue weighted by Gasteiger charge is -2.22. The first-order chi connectivity index (χ1) is 9.66. The molecule has 0 radical (unpaired) electrons. The van der Waals surface area contributed by atoms with Crippen LogP contribution in [0.4, 0.5) is 0 Å². The molecule has 6 nitrogen and oxygen atoms in total. The van der Waals surface area contributed by atoms with E-state index in [0.29, 0.717) is 24.1 Å². The van der Waals surface area contributed by atoms with E-state index in [0.717, 1.165) is 19.5 Å². The summed E-state index contributed by atoms with van der Waals surface area (Å²) in [5.74, 6) is 1.01. The van der Waals surface area contributed by atoms with E-state index in [2.05, 4.69) is 15.5 Å². The summed E-state index contributed by atoms with van der Waals surface area (Å²) in [7, 11) is 3.37. The molecule has 1 aromatic rings. The molecule has 1 saturated heterocycles. The second-order valence-electron chi connectivity index (χ2n) is 5.31. The third-order valence-electron chi connectivity index (χ3n) is 3.44. The Morgan fingerprint density at radius 3 is 2.90 bits per heavy atom. The number of hydrogen-bond donors (Lipinski definition) is 1. The first-order valence-electron chi connectivity index (χ1n) is 7.05. The van der Waals surface area contributed by atoms with E-state index < -0.39 is 0 Å². The lowest BCUT2D eigenvalue weighted by atomic mass is 9.97.